The number of hydrogen-bond donors (Lipinski definition) is 0. The molecule has 0 aliphatic heterocycles. The lowest BCUT2D eigenvalue weighted by atomic mass is 9.79. The van der Waals surface area contributed by atoms with Crippen molar-refractivity contribution in [2.75, 3.05) is 0 Å². The van der Waals surface area contributed by atoms with E-state index in [1.807, 2.05) is 0 Å². The van der Waals surface area contributed by atoms with Crippen molar-refractivity contribution in [3.05, 3.63) is 34.9 Å². The second kappa shape index (κ2) is 4.41. The van der Waals surface area contributed by atoms with Gasteiger partial charge in [0, 0.05) is 0 Å². The third-order valence-corrected chi connectivity index (χ3v) is 3.70. The maximum Gasteiger partial charge on any atom is 0.416 e. The third-order valence-electron chi connectivity index (χ3n) is 3.70. The quantitative estimate of drug-likeness (QED) is 0.730. The van der Waals surface area contributed by atoms with Crippen LogP contribution in [-0.4, -0.2) is 6.29 Å². The minimum atomic E-state index is -4.36. The van der Waals surface area contributed by atoms with E-state index >= 15 is 0 Å². The predicted molar refractivity (Wildman–Crippen MR) is 62.4 cm³/mol. The summed E-state index contributed by atoms with van der Waals surface area (Å²) in [6, 6.07) is 3.96. The summed E-state index contributed by atoms with van der Waals surface area (Å²) in [5.41, 5.74) is -0.299. The van der Waals surface area contributed by atoms with Gasteiger partial charge in [0.05, 0.1) is 11.0 Å². The second-order valence-corrected chi connectivity index (χ2v) is 5.07. The van der Waals surface area contributed by atoms with Crippen LogP contribution in [0.5, 0.6) is 0 Å². The molecule has 4 heteroatoms. The van der Waals surface area contributed by atoms with Gasteiger partial charge in [-0.3, -0.25) is 0 Å². The van der Waals surface area contributed by atoms with Gasteiger partial charge in [-0.1, -0.05) is 24.5 Å². The average Bonchev–Trinajstić information content (AvgIpc) is 2.76. The van der Waals surface area contributed by atoms with Crippen molar-refractivity contribution in [2.24, 2.45) is 0 Å². The van der Waals surface area contributed by atoms with Crippen molar-refractivity contribution < 1.29 is 18.0 Å². The Kier molecular flexibility index (Phi) is 3.21. The molecule has 0 aromatic heterocycles. The van der Waals surface area contributed by atoms with Crippen molar-refractivity contribution in [3.63, 3.8) is 0 Å². The van der Waals surface area contributed by atoms with Crippen LogP contribution in [0.25, 0.3) is 0 Å². The number of benzene rings is 1. The third kappa shape index (κ3) is 2.28. The second-order valence-electron chi connectivity index (χ2n) is 5.07. The van der Waals surface area contributed by atoms with E-state index < -0.39 is 17.2 Å². The van der Waals surface area contributed by atoms with E-state index in [0.29, 0.717) is 24.0 Å². The first-order valence-corrected chi connectivity index (χ1v) is 6.03. The molecule has 0 unspecified atom stereocenters. The van der Waals surface area contributed by atoms with Crippen molar-refractivity contribution in [2.45, 2.75) is 44.2 Å². The molecule has 1 saturated carbocycles. The van der Waals surface area contributed by atoms with E-state index in [-0.39, 0.29) is 0 Å². The minimum Gasteiger partial charge on any atom is -0.302 e. The Morgan fingerprint density at radius 2 is 1.78 bits per heavy atom. The SMILES string of the molecule is Cc1cc(C(F)(F)F)cc(C2(C=O)CCCC2)c1. The summed E-state index contributed by atoms with van der Waals surface area (Å²) in [6.07, 6.45) is -0.436. The van der Waals surface area contributed by atoms with Crippen LogP contribution in [0, 0.1) is 6.92 Å². The standard InChI is InChI=1S/C14H15F3O/c1-10-6-11(8-12(7-10)14(15,16)17)13(9-18)4-2-3-5-13/h6-9H,2-5H2,1H3. The molecule has 0 amide bonds. The van der Waals surface area contributed by atoms with Crippen LogP contribution in [-0.2, 0) is 16.4 Å². The molecule has 0 radical (unpaired) electrons. The Balaban J connectivity index is 2.51. The van der Waals surface area contributed by atoms with Gasteiger partial charge in [0.25, 0.3) is 0 Å². The molecule has 0 heterocycles. The highest BCUT2D eigenvalue weighted by molar-refractivity contribution is 5.69. The average molecular weight is 256 g/mol. The Hall–Kier alpha value is -1.32. The molecular formula is C14H15F3O. The lowest BCUT2D eigenvalue weighted by molar-refractivity contribution is -0.137. The Morgan fingerprint density at radius 1 is 1.17 bits per heavy atom. The van der Waals surface area contributed by atoms with Gasteiger partial charge in [0.1, 0.15) is 6.29 Å². The number of hydrogen-bond acceptors (Lipinski definition) is 1. The highest BCUT2D eigenvalue weighted by atomic mass is 19.4. The molecular weight excluding hydrogens is 241 g/mol. The van der Waals surface area contributed by atoms with E-state index in [0.717, 1.165) is 31.3 Å². The molecule has 0 spiro atoms. The van der Waals surface area contributed by atoms with Crippen LogP contribution >= 0.6 is 0 Å². The van der Waals surface area contributed by atoms with E-state index in [1.54, 1.807) is 13.0 Å². The summed E-state index contributed by atoms with van der Waals surface area (Å²) in [5, 5.41) is 0. The summed E-state index contributed by atoms with van der Waals surface area (Å²) in [6.45, 7) is 1.63. The monoisotopic (exact) mass is 256 g/mol. The summed E-state index contributed by atoms with van der Waals surface area (Å²) < 4.78 is 38.3. The zero-order chi connectivity index (χ0) is 13.4. The largest absolute Gasteiger partial charge is 0.416 e. The van der Waals surface area contributed by atoms with E-state index in [9.17, 15) is 18.0 Å². The van der Waals surface area contributed by atoms with Crippen LogP contribution in [0.2, 0.25) is 0 Å². The van der Waals surface area contributed by atoms with Gasteiger partial charge in [-0.25, -0.2) is 0 Å². The van der Waals surface area contributed by atoms with E-state index in [2.05, 4.69) is 0 Å². The Bertz CT molecular complexity index is 457. The Labute approximate surface area is 104 Å². The number of rotatable bonds is 2. The number of alkyl halides is 3. The molecule has 98 valence electrons. The van der Waals surface area contributed by atoms with E-state index in [4.69, 9.17) is 0 Å². The first-order valence-electron chi connectivity index (χ1n) is 6.03. The van der Waals surface area contributed by atoms with Crippen molar-refractivity contribution in [3.8, 4) is 0 Å². The molecule has 1 nitrogen and oxygen atoms in total. The smallest absolute Gasteiger partial charge is 0.302 e. The normalized spacial score (nSPS) is 18.9. The number of halogens is 3. The van der Waals surface area contributed by atoms with Gasteiger partial charge in [-0.15, -0.1) is 0 Å². The molecule has 1 aliphatic carbocycles. The number of carbonyl (C=O) groups excluding carboxylic acids is 1. The summed E-state index contributed by atoms with van der Waals surface area (Å²) >= 11 is 0. The Morgan fingerprint density at radius 3 is 2.28 bits per heavy atom. The number of carbonyl (C=O) groups is 1. The molecule has 1 fully saturated rings. The molecule has 1 aromatic carbocycles. The van der Waals surface area contributed by atoms with Crippen molar-refractivity contribution in [1.82, 2.24) is 0 Å². The molecule has 0 saturated heterocycles. The van der Waals surface area contributed by atoms with Gasteiger partial charge in [0.2, 0.25) is 0 Å². The molecule has 0 N–H and O–H groups in total. The maximum atomic E-state index is 12.8. The van der Waals surface area contributed by atoms with Gasteiger partial charge < -0.3 is 4.79 Å². The maximum absolute atomic E-state index is 12.8. The zero-order valence-corrected chi connectivity index (χ0v) is 10.2. The zero-order valence-electron chi connectivity index (χ0n) is 10.2. The fraction of sp³-hybridized carbons (Fsp3) is 0.500. The van der Waals surface area contributed by atoms with Crippen molar-refractivity contribution >= 4 is 6.29 Å². The molecule has 1 aliphatic rings. The van der Waals surface area contributed by atoms with Crippen LogP contribution in [0.1, 0.15) is 42.4 Å². The predicted octanol–water partition coefficient (Wildman–Crippen LogP) is 4.02. The fourth-order valence-corrected chi connectivity index (χ4v) is 2.71. The summed E-state index contributed by atoms with van der Waals surface area (Å²) in [5.74, 6) is 0. The molecule has 18 heavy (non-hydrogen) atoms. The molecule has 0 bridgehead atoms. The lowest BCUT2D eigenvalue weighted by Crippen LogP contribution is -2.24. The van der Waals surface area contributed by atoms with Crippen LogP contribution in [0.4, 0.5) is 13.2 Å². The van der Waals surface area contributed by atoms with Crippen LogP contribution in [0.3, 0.4) is 0 Å². The van der Waals surface area contributed by atoms with Crippen molar-refractivity contribution in [1.29, 1.82) is 0 Å². The summed E-state index contributed by atoms with van der Waals surface area (Å²) in [4.78, 5) is 11.3. The molecule has 1 aromatic rings. The lowest BCUT2D eigenvalue weighted by Gasteiger charge is -2.24. The highest BCUT2D eigenvalue weighted by Crippen LogP contribution is 2.41. The highest BCUT2D eigenvalue weighted by Gasteiger charge is 2.38. The minimum absolute atomic E-state index is 0.516. The van der Waals surface area contributed by atoms with Gasteiger partial charge in [-0.05, 0) is 37.5 Å². The summed E-state index contributed by atoms with van der Waals surface area (Å²) in [7, 11) is 0. The topological polar surface area (TPSA) is 17.1 Å². The fourth-order valence-electron chi connectivity index (χ4n) is 2.71. The van der Waals surface area contributed by atoms with E-state index in [1.165, 1.54) is 0 Å². The van der Waals surface area contributed by atoms with Crippen LogP contribution in [0.15, 0.2) is 18.2 Å². The number of aldehydes is 1. The van der Waals surface area contributed by atoms with Gasteiger partial charge in [0.15, 0.2) is 0 Å². The van der Waals surface area contributed by atoms with Gasteiger partial charge in [-0.2, -0.15) is 13.2 Å². The number of aryl methyl sites for hydroxylation is 1. The molecule has 0 atom stereocenters. The first kappa shape index (κ1) is 13.1. The molecule has 2 rings (SSSR count). The van der Waals surface area contributed by atoms with Gasteiger partial charge >= 0.3 is 6.18 Å². The first-order chi connectivity index (χ1) is 8.37. The van der Waals surface area contributed by atoms with Crippen LogP contribution < -0.4 is 0 Å².